The Hall–Kier alpha value is -1.06. The van der Waals surface area contributed by atoms with E-state index < -0.39 is 0 Å². The first-order valence-electron chi connectivity index (χ1n) is 5.31. The lowest BCUT2D eigenvalue weighted by Gasteiger charge is -2.21. The van der Waals surface area contributed by atoms with E-state index in [4.69, 9.17) is 5.73 Å². The van der Waals surface area contributed by atoms with Crippen molar-refractivity contribution in [2.24, 2.45) is 16.6 Å². The maximum absolute atomic E-state index is 11.1. The average molecular weight is 246 g/mol. The normalized spacial score (nSPS) is 10.6. The molecule has 0 aromatic rings. The van der Waals surface area contributed by atoms with Crippen molar-refractivity contribution in [2.75, 3.05) is 14.1 Å². The van der Waals surface area contributed by atoms with Crippen LogP contribution >= 0.6 is 0 Å². The Kier molecular flexibility index (Phi) is 9.13. The summed E-state index contributed by atoms with van der Waals surface area (Å²) < 4.78 is 0. The maximum Gasteiger partial charge on any atom is 0.227 e. The van der Waals surface area contributed by atoms with Crippen LogP contribution in [-0.4, -0.2) is 30.8 Å². The molecule has 4 nitrogen and oxygen atoms in total. The molecule has 0 radical (unpaired) electrons. The van der Waals surface area contributed by atoms with Crippen LogP contribution < -0.4 is 5.73 Å². The second kappa shape index (κ2) is 7.30. The van der Waals surface area contributed by atoms with Crippen LogP contribution in [0.15, 0.2) is 0 Å². The fourth-order valence-corrected chi connectivity index (χ4v) is 0.671. The number of rotatable bonds is 0. The molecule has 0 bridgehead atoms. The predicted octanol–water partition coefficient (Wildman–Crippen LogP) is 2.27. The molecular weight excluding hydrogens is 216 g/mol. The quantitative estimate of drug-likeness (QED) is 0.712. The summed E-state index contributed by atoms with van der Waals surface area (Å²) >= 11 is 0. The number of nitrogens with two attached hydrogens (primary N) is 1. The highest BCUT2D eigenvalue weighted by atomic mass is 16.2. The largest absolute Gasteiger partial charge is 0.369 e. The van der Waals surface area contributed by atoms with Crippen molar-refractivity contribution in [3.8, 4) is 0 Å². The lowest BCUT2D eigenvalue weighted by atomic mass is 9.95. The Morgan fingerprint density at radius 3 is 1.12 bits per heavy atom. The minimum absolute atomic E-state index is 0. The number of primary amides is 1. The third kappa shape index (κ3) is 11.2. The van der Waals surface area contributed by atoms with Crippen LogP contribution in [0, 0.1) is 10.8 Å². The third-order valence-corrected chi connectivity index (χ3v) is 1.79. The molecule has 0 spiro atoms. The molecule has 17 heavy (non-hydrogen) atoms. The van der Waals surface area contributed by atoms with Crippen molar-refractivity contribution in [3.05, 3.63) is 0 Å². The van der Waals surface area contributed by atoms with Crippen molar-refractivity contribution < 1.29 is 9.59 Å². The van der Waals surface area contributed by atoms with Crippen LogP contribution in [0.2, 0.25) is 0 Å². The lowest BCUT2D eigenvalue weighted by Crippen LogP contribution is -2.33. The number of amides is 2. The first-order chi connectivity index (χ1) is 6.80. The van der Waals surface area contributed by atoms with Gasteiger partial charge in [0.2, 0.25) is 11.8 Å². The molecule has 0 atom stereocenters. The molecular formula is C13H30N2O2. The predicted molar refractivity (Wildman–Crippen MR) is 73.5 cm³/mol. The molecule has 0 unspecified atom stereocenters. The molecule has 104 valence electrons. The van der Waals surface area contributed by atoms with Gasteiger partial charge in [0.25, 0.3) is 0 Å². The second-order valence-corrected chi connectivity index (χ2v) is 6.06. The molecule has 0 fully saturated rings. The van der Waals surface area contributed by atoms with Crippen molar-refractivity contribution in [3.63, 3.8) is 0 Å². The molecule has 0 aliphatic heterocycles. The van der Waals surface area contributed by atoms with Gasteiger partial charge in [-0.3, -0.25) is 9.59 Å². The van der Waals surface area contributed by atoms with E-state index >= 15 is 0 Å². The summed E-state index contributed by atoms with van der Waals surface area (Å²) in [5.74, 6) is -0.0880. The van der Waals surface area contributed by atoms with Gasteiger partial charge in [0.1, 0.15) is 0 Å². The van der Waals surface area contributed by atoms with Gasteiger partial charge in [-0.05, 0) is 0 Å². The minimum Gasteiger partial charge on any atom is -0.369 e. The molecule has 0 heterocycles. The van der Waals surface area contributed by atoms with Crippen molar-refractivity contribution in [2.45, 2.75) is 49.0 Å². The van der Waals surface area contributed by atoms with Crippen molar-refractivity contribution in [1.29, 1.82) is 0 Å². The fraction of sp³-hybridized carbons (Fsp3) is 0.846. The van der Waals surface area contributed by atoms with Crippen LogP contribution in [0.1, 0.15) is 49.0 Å². The molecule has 0 saturated heterocycles. The van der Waals surface area contributed by atoms with Gasteiger partial charge in [-0.2, -0.15) is 0 Å². The molecule has 4 heteroatoms. The van der Waals surface area contributed by atoms with Gasteiger partial charge in [-0.1, -0.05) is 49.0 Å². The number of carbonyl (C=O) groups is 2. The summed E-state index contributed by atoms with van der Waals surface area (Å²) in [6, 6.07) is 0. The molecule has 0 saturated carbocycles. The number of carbonyl (C=O) groups excluding carboxylic acids is 2. The van der Waals surface area contributed by atoms with Crippen LogP contribution in [0.5, 0.6) is 0 Å². The highest BCUT2D eigenvalue weighted by Crippen LogP contribution is 2.14. The Balaban J connectivity index is -0.000000224. The summed E-state index contributed by atoms with van der Waals surface area (Å²) in [5, 5.41) is 0. The monoisotopic (exact) mass is 246 g/mol. The van der Waals surface area contributed by atoms with Crippen molar-refractivity contribution in [1.82, 2.24) is 4.90 Å². The SMILES string of the molecule is C.CC(C)(C)C(N)=O.CN(C)C(=O)C(C)(C)C. The van der Waals surface area contributed by atoms with Gasteiger partial charge in [0.15, 0.2) is 0 Å². The van der Waals surface area contributed by atoms with Gasteiger partial charge in [0, 0.05) is 24.9 Å². The molecule has 0 rings (SSSR count). The van der Waals surface area contributed by atoms with E-state index in [9.17, 15) is 9.59 Å². The van der Waals surface area contributed by atoms with Crippen LogP contribution in [-0.2, 0) is 9.59 Å². The Morgan fingerprint density at radius 2 is 1.12 bits per heavy atom. The second-order valence-electron chi connectivity index (χ2n) is 6.06. The number of nitrogens with zero attached hydrogens (tertiary/aromatic N) is 1. The fourth-order valence-electron chi connectivity index (χ4n) is 0.671. The highest BCUT2D eigenvalue weighted by molar-refractivity contribution is 5.80. The maximum atomic E-state index is 11.1. The van der Waals surface area contributed by atoms with Crippen LogP contribution in [0.4, 0.5) is 0 Å². The topological polar surface area (TPSA) is 63.4 Å². The van der Waals surface area contributed by atoms with E-state index in [1.807, 2.05) is 20.8 Å². The molecule has 0 aromatic heterocycles. The first kappa shape index (κ1) is 21.2. The van der Waals surface area contributed by atoms with Gasteiger partial charge in [0.05, 0.1) is 0 Å². The van der Waals surface area contributed by atoms with E-state index in [0.29, 0.717) is 0 Å². The molecule has 2 amide bonds. The lowest BCUT2D eigenvalue weighted by molar-refractivity contribution is -0.136. The van der Waals surface area contributed by atoms with Gasteiger partial charge < -0.3 is 10.6 Å². The highest BCUT2D eigenvalue weighted by Gasteiger charge is 2.22. The van der Waals surface area contributed by atoms with Crippen molar-refractivity contribution >= 4 is 11.8 Å². The van der Waals surface area contributed by atoms with E-state index in [2.05, 4.69) is 0 Å². The Bertz CT molecular complexity index is 245. The minimum atomic E-state index is -0.361. The third-order valence-electron chi connectivity index (χ3n) is 1.79. The van der Waals surface area contributed by atoms with Crippen LogP contribution in [0.3, 0.4) is 0 Å². The van der Waals surface area contributed by atoms with Crippen LogP contribution in [0.25, 0.3) is 0 Å². The summed E-state index contributed by atoms with van der Waals surface area (Å²) in [7, 11) is 3.54. The zero-order valence-electron chi connectivity index (χ0n) is 11.8. The molecule has 0 aliphatic carbocycles. The Morgan fingerprint density at radius 1 is 0.882 bits per heavy atom. The summed E-state index contributed by atoms with van der Waals surface area (Å²) in [5.41, 5.74) is 4.34. The zero-order chi connectivity index (χ0) is 13.7. The molecule has 2 N–H and O–H groups in total. The van der Waals surface area contributed by atoms with Gasteiger partial charge >= 0.3 is 0 Å². The molecule has 0 aromatic carbocycles. The Labute approximate surface area is 107 Å². The van der Waals surface area contributed by atoms with Gasteiger partial charge in [-0.15, -0.1) is 0 Å². The number of hydrogen-bond donors (Lipinski definition) is 1. The molecule has 0 aliphatic rings. The van der Waals surface area contributed by atoms with E-state index in [-0.39, 0.29) is 30.1 Å². The first-order valence-corrected chi connectivity index (χ1v) is 5.31. The smallest absolute Gasteiger partial charge is 0.227 e. The van der Waals surface area contributed by atoms with E-state index in [1.54, 1.807) is 39.8 Å². The van der Waals surface area contributed by atoms with Gasteiger partial charge in [-0.25, -0.2) is 0 Å². The van der Waals surface area contributed by atoms with E-state index in [1.165, 1.54) is 0 Å². The standard InChI is InChI=1S/C7H15NO.C5H11NO.CH4/c1-7(2,3)6(9)8(4)5;1-5(2,3)4(6)7;/h1-5H3;1-3H3,(H2,6,7);1H4. The summed E-state index contributed by atoms with van der Waals surface area (Å²) in [4.78, 5) is 22.9. The van der Waals surface area contributed by atoms with E-state index in [0.717, 1.165) is 0 Å². The zero-order valence-corrected chi connectivity index (χ0v) is 11.8. The number of hydrogen-bond acceptors (Lipinski definition) is 2. The average Bonchev–Trinajstić information content (AvgIpc) is 2.00. The summed E-state index contributed by atoms with van der Waals surface area (Å²) in [6.07, 6.45) is 0. The summed E-state index contributed by atoms with van der Waals surface area (Å²) in [6.45, 7) is 11.1.